The van der Waals surface area contributed by atoms with E-state index in [9.17, 15) is 18.0 Å². The lowest BCUT2D eigenvalue weighted by Crippen LogP contribution is -2.48. The zero-order chi connectivity index (χ0) is 27.5. The van der Waals surface area contributed by atoms with Crippen molar-refractivity contribution in [3.63, 3.8) is 0 Å². The highest BCUT2D eigenvalue weighted by Gasteiger charge is 2.50. The standard InChI is InChI=1S/C28H40F3N5O2/c1-5-21(9-12-38-6-2)34-22-7-10-27(15-22,18(3)4)26(37)36-11-8-23-19(16-36)13-20(28(29,30)31)14-24(23)25-32-17-33-35-25/h13-14,17-18,21-22,34H,5-12,15-16H2,1-4H3,(H,32,33,35). The number of alkyl halides is 3. The van der Waals surface area contributed by atoms with Crippen LogP contribution >= 0.6 is 0 Å². The number of aromatic nitrogens is 3. The summed E-state index contributed by atoms with van der Waals surface area (Å²) >= 11 is 0. The molecule has 1 aromatic carbocycles. The number of amides is 1. The topological polar surface area (TPSA) is 83.1 Å². The van der Waals surface area contributed by atoms with Crippen molar-refractivity contribution in [1.29, 1.82) is 0 Å². The Bertz CT molecular complexity index is 1090. The van der Waals surface area contributed by atoms with E-state index >= 15 is 0 Å². The summed E-state index contributed by atoms with van der Waals surface area (Å²) in [4.78, 5) is 20.0. The van der Waals surface area contributed by atoms with Gasteiger partial charge in [0.1, 0.15) is 6.33 Å². The van der Waals surface area contributed by atoms with Gasteiger partial charge in [0.15, 0.2) is 5.82 Å². The average molecular weight is 536 g/mol. The summed E-state index contributed by atoms with van der Waals surface area (Å²) < 4.78 is 46.9. The SMILES string of the molecule is CCOCCC(CC)NC1CCC(C(=O)N2CCc3c(cc(C(F)(F)F)cc3-c3ncn[nH]3)C2)(C(C)C)C1. The molecule has 1 saturated carbocycles. The third-order valence-corrected chi connectivity index (χ3v) is 8.48. The van der Waals surface area contributed by atoms with Crippen LogP contribution in [-0.4, -0.2) is 57.8 Å². The number of H-pyrrole nitrogens is 1. The molecular weight excluding hydrogens is 495 g/mol. The second kappa shape index (κ2) is 11.7. The molecule has 0 radical (unpaired) electrons. The number of nitrogens with one attached hydrogen (secondary N) is 2. The fraction of sp³-hybridized carbons (Fsp3) is 0.679. The normalized spacial score (nSPS) is 22.6. The molecule has 1 amide bonds. The number of rotatable bonds is 10. The van der Waals surface area contributed by atoms with E-state index in [2.05, 4.69) is 41.3 Å². The van der Waals surface area contributed by atoms with Gasteiger partial charge in [0.05, 0.1) is 11.0 Å². The summed E-state index contributed by atoms with van der Waals surface area (Å²) in [5, 5.41) is 10.3. The molecule has 0 bridgehead atoms. The molecule has 4 rings (SSSR count). The van der Waals surface area contributed by atoms with Crippen LogP contribution in [0.15, 0.2) is 18.5 Å². The molecule has 3 unspecified atom stereocenters. The highest BCUT2D eigenvalue weighted by Crippen LogP contribution is 2.47. The monoisotopic (exact) mass is 535 g/mol. The number of ether oxygens (including phenoxy) is 1. The van der Waals surface area contributed by atoms with E-state index in [-0.39, 0.29) is 24.4 Å². The Morgan fingerprint density at radius 2 is 2.11 bits per heavy atom. The first-order valence-corrected chi connectivity index (χ1v) is 13.8. The summed E-state index contributed by atoms with van der Waals surface area (Å²) in [6.45, 7) is 10.4. The van der Waals surface area contributed by atoms with Crippen LogP contribution in [0.1, 0.15) is 76.5 Å². The number of fused-ring (bicyclic) bond motifs is 1. The molecule has 3 atom stereocenters. The summed E-state index contributed by atoms with van der Waals surface area (Å²) in [5.41, 5.74) is 0.463. The zero-order valence-electron chi connectivity index (χ0n) is 22.8. The van der Waals surface area contributed by atoms with Gasteiger partial charge in [-0.2, -0.15) is 18.3 Å². The predicted octanol–water partition coefficient (Wildman–Crippen LogP) is 5.36. The van der Waals surface area contributed by atoms with E-state index in [4.69, 9.17) is 4.74 Å². The molecule has 2 N–H and O–H groups in total. The van der Waals surface area contributed by atoms with E-state index in [1.807, 2.05) is 6.92 Å². The van der Waals surface area contributed by atoms with Crippen LogP contribution < -0.4 is 5.32 Å². The number of benzene rings is 1. The molecule has 0 saturated heterocycles. The second-order valence-corrected chi connectivity index (χ2v) is 11.0. The Kier molecular flexibility index (Phi) is 8.82. The van der Waals surface area contributed by atoms with Crippen molar-refractivity contribution >= 4 is 5.91 Å². The molecule has 7 nitrogen and oxygen atoms in total. The molecule has 38 heavy (non-hydrogen) atoms. The predicted molar refractivity (Wildman–Crippen MR) is 139 cm³/mol. The van der Waals surface area contributed by atoms with Gasteiger partial charge in [-0.3, -0.25) is 9.89 Å². The first-order chi connectivity index (χ1) is 18.1. The van der Waals surface area contributed by atoms with Crippen LogP contribution in [-0.2, 0) is 28.7 Å². The molecule has 1 aliphatic carbocycles. The van der Waals surface area contributed by atoms with Gasteiger partial charge < -0.3 is 15.0 Å². The molecule has 210 valence electrons. The fourth-order valence-corrected chi connectivity index (χ4v) is 6.19. The summed E-state index contributed by atoms with van der Waals surface area (Å²) in [5.74, 6) is 0.492. The van der Waals surface area contributed by atoms with E-state index in [1.165, 1.54) is 12.4 Å². The lowest BCUT2D eigenvalue weighted by Gasteiger charge is -2.40. The molecule has 1 aliphatic heterocycles. The van der Waals surface area contributed by atoms with Crippen molar-refractivity contribution in [1.82, 2.24) is 25.4 Å². The number of aromatic amines is 1. The molecular formula is C28H40F3N5O2. The minimum atomic E-state index is -4.50. The highest BCUT2D eigenvalue weighted by molar-refractivity contribution is 5.84. The maximum Gasteiger partial charge on any atom is 0.416 e. The minimum Gasteiger partial charge on any atom is -0.382 e. The van der Waals surface area contributed by atoms with Gasteiger partial charge in [0, 0.05) is 44.0 Å². The van der Waals surface area contributed by atoms with Crippen LogP contribution in [0.3, 0.4) is 0 Å². The lowest BCUT2D eigenvalue weighted by atomic mass is 9.73. The summed E-state index contributed by atoms with van der Waals surface area (Å²) in [6, 6.07) is 2.90. The molecule has 2 aromatic rings. The van der Waals surface area contributed by atoms with Crippen molar-refractivity contribution in [2.24, 2.45) is 11.3 Å². The van der Waals surface area contributed by atoms with E-state index in [0.717, 1.165) is 43.7 Å². The maximum absolute atomic E-state index is 14.1. The number of carbonyl (C=O) groups excluding carboxylic acids is 1. The summed E-state index contributed by atoms with van der Waals surface area (Å²) in [7, 11) is 0. The van der Waals surface area contributed by atoms with Gasteiger partial charge in [-0.25, -0.2) is 4.98 Å². The number of hydrogen-bond donors (Lipinski definition) is 2. The largest absolute Gasteiger partial charge is 0.416 e. The minimum absolute atomic E-state index is 0.0587. The summed E-state index contributed by atoms with van der Waals surface area (Å²) in [6.07, 6.45) is 1.61. The molecule has 10 heteroatoms. The van der Waals surface area contributed by atoms with Gasteiger partial charge in [-0.1, -0.05) is 20.8 Å². The third-order valence-electron chi connectivity index (χ3n) is 8.48. The van der Waals surface area contributed by atoms with Crippen molar-refractivity contribution in [2.45, 2.75) is 91.0 Å². The van der Waals surface area contributed by atoms with Crippen LogP contribution in [0, 0.1) is 11.3 Å². The van der Waals surface area contributed by atoms with Gasteiger partial charge in [-0.15, -0.1) is 0 Å². The Labute approximate surface area is 222 Å². The Balaban J connectivity index is 1.55. The van der Waals surface area contributed by atoms with Crippen molar-refractivity contribution < 1.29 is 22.7 Å². The van der Waals surface area contributed by atoms with Gasteiger partial charge in [0.2, 0.25) is 5.91 Å². The molecule has 2 heterocycles. The van der Waals surface area contributed by atoms with E-state index in [0.29, 0.717) is 49.2 Å². The van der Waals surface area contributed by atoms with Crippen LogP contribution in [0.25, 0.3) is 11.4 Å². The number of hydrogen-bond acceptors (Lipinski definition) is 5. The quantitative estimate of drug-likeness (QED) is 0.400. The van der Waals surface area contributed by atoms with Gasteiger partial charge >= 0.3 is 6.18 Å². The third kappa shape index (κ3) is 5.91. The second-order valence-electron chi connectivity index (χ2n) is 11.0. The Morgan fingerprint density at radius 3 is 2.74 bits per heavy atom. The van der Waals surface area contributed by atoms with Crippen molar-refractivity contribution in [3.05, 3.63) is 35.2 Å². The number of nitrogens with zero attached hydrogens (tertiary/aromatic N) is 3. The molecule has 2 aliphatic rings. The molecule has 0 spiro atoms. The van der Waals surface area contributed by atoms with Crippen LogP contribution in [0.4, 0.5) is 13.2 Å². The van der Waals surface area contributed by atoms with Crippen LogP contribution in [0.2, 0.25) is 0 Å². The first-order valence-electron chi connectivity index (χ1n) is 13.8. The molecule has 1 fully saturated rings. The van der Waals surface area contributed by atoms with Gasteiger partial charge in [0.25, 0.3) is 0 Å². The highest BCUT2D eigenvalue weighted by atomic mass is 19.4. The average Bonchev–Trinajstić information content (AvgIpc) is 3.57. The Morgan fingerprint density at radius 1 is 1.32 bits per heavy atom. The van der Waals surface area contributed by atoms with E-state index < -0.39 is 17.2 Å². The number of carbonyl (C=O) groups is 1. The van der Waals surface area contributed by atoms with Crippen molar-refractivity contribution in [3.8, 4) is 11.4 Å². The first kappa shape index (κ1) is 28.5. The molecule has 1 aromatic heterocycles. The number of halogens is 3. The van der Waals surface area contributed by atoms with Crippen molar-refractivity contribution in [2.75, 3.05) is 19.8 Å². The lowest BCUT2D eigenvalue weighted by molar-refractivity contribution is -0.145. The van der Waals surface area contributed by atoms with E-state index in [1.54, 1.807) is 4.90 Å². The van der Waals surface area contributed by atoms with Gasteiger partial charge in [-0.05, 0) is 74.6 Å². The zero-order valence-corrected chi connectivity index (χ0v) is 22.8. The van der Waals surface area contributed by atoms with Crippen LogP contribution in [0.5, 0.6) is 0 Å². The Hall–Kier alpha value is -2.46. The fourth-order valence-electron chi connectivity index (χ4n) is 6.19. The smallest absolute Gasteiger partial charge is 0.382 e. The maximum atomic E-state index is 14.1.